The van der Waals surface area contributed by atoms with Crippen LogP contribution in [0.3, 0.4) is 0 Å². The first-order chi connectivity index (χ1) is 9.19. The van der Waals surface area contributed by atoms with Crippen molar-refractivity contribution in [3.63, 3.8) is 0 Å². The quantitative estimate of drug-likeness (QED) is 0.877. The minimum Gasteiger partial charge on any atom is -0.493 e. The van der Waals surface area contributed by atoms with Crippen LogP contribution in [0, 0.1) is 0 Å². The van der Waals surface area contributed by atoms with E-state index in [1.807, 2.05) is 6.07 Å². The first-order valence-corrected chi connectivity index (χ1v) is 6.68. The van der Waals surface area contributed by atoms with E-state index in [0.29, 0.717) is 28.2 Å². The van der Waals surface area contributed by atoms with E-state index in [2.05, 4.69) is 25.9 Å². The van der Waals surface area contributed by atoms with Gasteiger partial charge in [0.2, 0.25) is 0 Å². The van der Waals surface area contributed by atoms with Gasteiger partial charge in [0.1, 0.15) is 5.82 Å². The van der Waals surface area contributed by atoms with Gasteiger partial charge in [0, 0.05) is 22.7 Å². The molecule has 0 fully saturated rings. The van der Waals surface area contributed by atoms with Gasteiger partial charge in [-0.2, -0.15) is 0 Å². The molecule has 100 valence electrons. The minimum atomic E-state index is -0.156. The molecule has 0 bridgehead atoms. The molecule has 6 heteroatoms. The summed E-state index contributed by atoms with van der Waals surface area (Å²) in [7, 11) is 3.13. The summed E-state index contributed by atoms with van der Waals surface area (Å²) >= 11 is 3.23. The molecule has 0 aliphatic carbocycles. The van der Waals surface area contributed by atoms with Crippen molar-refractivity contribution in [2.24, 2.45) is 0 Å². The van der Waals surface area contributed by atoms with E-state index in [0.717, 1.165) is 5.56 Å². The Labute approximate surface area is 118 Å². The smallest absolute Gasteiger partial charge is 0.255 e. The van der Waals surface area contributed by atoms with Crippen LogP contribution in [-0.2, 0) is 5.33 Å². The molecule has 0 amide bonds. The Morgan fingerprint density at radius 2 is 2.00 bits per heavy atom. The van der Waals surface area contributed by atoms with Crippen LogP contribution in [0.2, 0.25) is 0 Å². The molecule has 1 aromatic heterocycles. The lowest BCUT2D eigenvalue weighted by atomic mass is 10.2. The molecule has 1 heterocycles. The van der Waals surface area contributed by atoms with Crippen molar-refractivity contribution in [2.75, 3.05) is 14.2 Å². The van der Waals surface area contributed by atoms with Crippen LogP contribution in [0.25, 0.3) is 11.4 Å². The summed E-state index contributed by atoms with van der Waals surface area (Å²) in [6.07, 6.45) is 1.56. The summed E-state index contributed by atoms with van der Waals surface area (Å²) < 4.78 is 10.4. The van der Waals surface area contributed by atoms with Crippen LogP contribution < -0.4 is 15.0 Å². The van der Waals surface area contributed by atoms with E-state index >= 15 is 0 Å². The number of rotatable bonds is 4. The highest BCUT2D eigenvalue weighted by Crippen LogP contribution is 2.30. The zero-order chi connectivity index (χ0) is 13.8. The van der Waals surface area contributed by atoms with E-state index in [9.17, 15) is 4.79 Å². The molecular formula is C13H13BrN2O3. The molecule has 1 aromatic carbocycles. The number of methoxy groups -OCH3 is 2. The highest BCUT2D eigenvalue weighted by atomic mass is 79.9. The van der Waals surface area contributed by atoms with Gasteiger partial charge in [-0.3, -0.25) is 4.79 Å². The standard InChI is InChI=1S/C13H13BrN2O3/c1-18-10-4-3-8(5-11(10)19-2)12-15-7-9(6-14)13(17)16-12/h3-5,7H,6H2,1-2H3,(H,15,16,17). The normalized spacial score (nSPS) is 10.3. The van der Waals surface area contributed by atoms with Crippen molar-refractivity contribution in [2.45, 2.75) is 5.33 Å². The van der Waals surface area contributed by atoms with Crippen molar-refractivity contribution in [1.29, 1.82) is 0 Å². The van der Waals surface area contributed by atoms with Crippen LogP contribution >= 0.6 is 15.9 Å². The number of nitrogens with zero attached hydrogens (tertiary/aromatic N) is 1. The van der Waals surface area contributed by atoms with E-state index in [1.54, 1.807) is 32.5 Å². The van der Waals surface area contributed by atoms with Crippen LogP contribution in [0.1, 0.15) is 5.56 Å². The SMILES string of the molecule is COc1ccc(-c2ncc(CBr)c(=O)[nH]2)cc1OC. The zero-order valence-electron chi connectivity index (χ0n) is 10.6. The number of nitrogens with one attached hydrogen (secondary N) is 1. The molecule has 2 aromatic rings. The van der Waals surface area contributed by atoms with Gasteiger partial charge in [-0.25, -0.2) is 4.98 Å². The third-order valence-corrected chi connectivity index (χ3v) is 3.28. The number of H-pyrrole nitrogens is 1. The van der Waals surface area contributed by atoms with Crippen molar-refractivity contribution in [3.05, 3.63) is 40.3 Å². The number of aromatic amines is 1. The largest absolute Gasteiger partial charge is 0.493 e. The maximum absolute atomic E-state index is 11.7. The number of benzene rings is 1. The third kappa shape index (κ3) is 2.78. The van der Waals surface area contributed by atoms with Crippen LogP contribution in [-0.4, -0.2) is 24.2 Å². The Bertz CT molecular complexity index is 640. The summed E-state index contributed by atoms with van der Waals surface area (Å²) in [6, 6.07) is 5.35. The Hall–Kier alpha value is -1.82. The van der Waals surface area contributed by atoms with Gasteiger partial charge < -0.3 is 14.5 Å². The fourth-order valence-electron chi connectivity index (χ4n) is 1.65. The Morgan fingerprint density at radius 1 is 1.26 bits per heavy atom. The molecule has 0 atom stereocenters. The Morgan fingerprint density at radius 3 is 2.58 bits per heavy atom. The Kier molecular flexibility index (Phi) is 4.21. The third-order valence-electron chi connectivity index (χ3n) is 2.67. The average Bonchev–Trinajstić information content (AvgIpc) is 2.46. The van der Waals surface area contributed by atoms with Gasteiger partial charge in [-0.15, -0.1) is 0 Å². The molecule has 0 saturated heterocycles. The van der Waals surface area contributed by atoms with Gasteiger partial charge in [0.25, 0.3) is 5.56 Å². The lowest BCUT2D eigenvalue weighted by Crippen LogP contribution is -2.13. The molecule has 0 aliphatic heterocycles. The molecule has 0 saturated carbocycles. The maximum Gasteiger partial charge on any atom is 0.255 e. The molecule has 0 radical (unpaired) electrons. The van der Waals surface area contributed by atoms with Crippen LogP contribution in [0.5, 0.6) is 11.5 Å². The predicted molar refractivity (Wildman–Crippen MR) is 76.0 cm³/mol. The van der Waals surface area contributed by atoms with E-state index in [4.69, 9.17) is 9.47 Å². The molecule has 0 aliphatic rings. The number of hydrogen-bond acceptors (Lipinski definition) is 4. The average molecular weight is 325 g/mol. The minimum absolute atomic E-state index is 0.156. The lowest BCUT2D eigenvalue weighted by molar-refractivity contribution is 0.355. The Balaban J connectivity index is 2.47. The number of hydrogen-bond donors (Lipinski definition) is 1. The fourth-order valence-corrected chi connectivity index (χ4v) is 2.05. The summed E-state index contributed by atoms with van der Waals surface area (Å²) in [5.74, 6) is 1.72. The molecule has 1 N–H and O–H groups in total. The summed E-state index contributed by atoms with van der Waals surface area (Å²) in [5.41, 5.74) is 1.19. The first kappa shape index (κ1) is 13.6. The summed E-state index contributed by atoms with van der Waals surface area (Å²) in [4.78, 5) is 18.7. The van der Waals surface area contributed by atoms with Crippen molar-refractivity contribution in [3.8, 4) is 22.9 Å². The predicted octanol–water partition coefficient (Wildman–Crippen LogP) is 2.35. The van der Waals surface area contributed by atoms with Crippen LogP contribution in [0.15, 0.2) is 29.2 Å². The maximum atomic E-state index is 11.7. The van der Waals surface area contributed by atoms with E-state index < -0.39 is 0 Å². The molecular weight excluding hydrogens is 312 g/mol. The molecule has 19 heavy (non-hydrogen) atoms. The van der Waals surface area contributed by atoms with Crippen LogP contribution in [0.4, 0.5) is 0 Å². The second kappa shape index (κ2) is 5.88. The monoisotopic (exact) mass is 324 g/mol. The highest BCUT2D eigenvalue weighted by molar-refractivity contribution is 9.08. The lowest BCUT2D eigenvalue weighted by Gasteiger charge is -2.09. The van der Waals surface area contributed by atoms with Gasteiger partial charge in [0.15, 0.2) is 11.5 Å². The summed E-state index contributed by atoms with van der Waals surface area (Å²) in [6.45, 7) is 0. The van der Waals surface area contributed by atoms with Crippen molar-refractivity contribution >= 4 is 15.9 Å². The van der Waals surface area contributed by atoms with Crippen molar-refractivity contribution in [1.82, 2.24) is 9.97 Å². The summed E-state index contributed by atoms with van der Waals surface area (Å²) in [5, 5.41) is 0.474. The highest BCUT2D eigenvalue weighted by Gasteiger charge is 2.08. The fraction of sp³-hybridized carbons (Fsp3) is 0.231. The number of alkyl halides is 1. The second-order valence-corrected chi connectivity index (χ2v) is 4.35. The molecule has 2 rings (SSSR count). The van der Waals surface area contributed by atoms with Crippen molar-refractivity contribution < 1.29 is 9.47 Å². The van der Waals surface area contributed by atoms with Gasteiger partial charge in [0.05, 0.1) is 14.2 Å². The van der Waals surface area contributed by atoms with Gasteiger partial charge in [-0.05, 0) is 18.2 Å². The number of halogens is 1. The van der Waals surface area contributed by atoms with Gasteiger partial charge >= 0.3 is 0 Å². The first-order valence-electron chi connectivity index (χ1n) is 5.56. The number of aromatic nitrogens is 2. The number of ether oxygens (including phenoxy) is 2. The second-order valence-electron chi connectivity index (χ2n) is 3.79. The van der Waals surface area contributed by atoms with E-state index in [-0.39, 0.29) is 5.56 Å². The molecule has 5 nitrogen and oxygen atoms in total. The topological polar surface area (TPSA) is 64.2 Å². The zero-order valence-corrected chi connectivity index (χ0v) is 12.2. The van der Waals surface area contributed by atoms with E-state index in [1.165, 1.54) is 0 Å². The van der Waals surface area contributed by atoms with Gasteiger partial charge in [-0.1, -0.05) is 15.9 Å². The molecule has 0 spiro atoms. The molecule has 0 unspecified atom stereocenters.